The van der Waals surface area contributed by atoms with Gasteiger partial charge in [0.05, 0.1) is 11.6 Å². The van der Waals surface area contributed by atoms with Crippen LogP contribution < -0.4 is 5.32 Å². The van der Waals surface area contributed by atoms with Gasteiger partial charge in [-0.1, -0.05) is 47.4 Å². The van der Waals surface area contributed by atoms with Crippen LogP contribution in [-0.4, -0.2) is 26.7 Å². The van der Waals surface area contributed by atoms with E-state index in [1.165, 1.54) is 0 Å². The highest BCUT2D eigenvalue weighted by molar-refractivity contribution is 7.80. The Hall–Kier alpha value is -2.41. The van der Waals surface area contributed by atoms with E-state index >= 15 is 0 Å². The summed E-state index contributed by atoms with van der Waals surface area (Å²) < 4.78 is 5.71. The summed E-state index contributed by atoms with van der Waals surface area (Å²) in [6.07, 6.45) is 0.953. The maximum atomic E-state index is 6.26. The van der Waals surface area contributed by atoms with Gasteiger partial charge in [-0.05, 0) is 67.5 Å². The molecule has 0 saturated carbocycles. The fourth-order valence-electron chi connectivity index (χ4n) is 3.54. The van der Waals surface area contributed by atoms with Crippen molar-refractivity contribution in [3.05, 3.63) is 75.7 Å². The lowest BCUT2D eigenvalue weighted by molar-refractivity contribution is 0.396. The molecule has 0 bridgehead atoms. The highest BCUT2D eigenvalue weighted by atomic mass is 35.5. The van der Waals surface area contributed by atoms with Crippen LogP contribution in [0.3, 0.4) is 0 Å². The zero-order chi connectivity index (χ0) is 21.3. The van der Waals surface area contributed by atoms with E-state index in [4.69, 9.17) is 39.9 Å². The highest BCUT2D eigenvalue weighted by Crippen LogP contribution is 2.38. The second-order valence-electron chi connectivity index (χ2n) is 7.02. The molecule has 4 rings (SSSR count). The van der Waals surface area contributed by atoms with Gasteiger partial charge >= 0.3 is 0 Å². The van der Waals surface area contributed by atoms with Crippen molar-refractivity contribution in [1.29, 1.82) is 0 Å². The molecule has 1 aliphatic heterocycles. The molecule has 8 heteroatoms. The first kappa shape index (κ1) is 20.8. The van der Waals surface area contributed by atoms with Crippen LogP contribution in [0, 0.1) is 0 Å². The first-order valence-corrected chi connectivity index (χ1v) is 10.8. The third kappa shape index (κ3) is 4.08. The van der Waals surface area contributed by atoms with Crippen molar-refractivity contribution >= 4 is 46.1 Å². The molecule has 0 saturated heterocycles. The van der Waals surface area contributed by atoms with Crippen LogP contribution in [0.15, 0.2) is 58.8 Å². The smallest absolute Gasteiger partial charge is 0.258 e. The van der Waals surface area contributed by atoms with Gasteiger partial charge in [0.15, 0.2) is 5.11 Å². The number of allylic oxidation sites excluding steroid dienone is 1. The SMILES string of the molecule is CCCN1C(=S)NC(c2cccc(Cl)c2)C(c2nc(-c3ccc(Cl)cc3)no2)=C1C. The van der Waals surface area contributed by atoms with Gasteiger partial charge in [-0.3, -0.25) is 0 Å². The van der Waals surface area contributed by atoms with E-state index in [0.29, 0.717) is 26.9 Å². The van der Waals surface area contributed by atoms with Gasteiger partial charge in [0.25, 0.3) is 5.89 Å². The van der Waals surface area contributed by atoms with Crippen LogP contribution in [0.2, 0.25) is 10.0 Å². The molecule has 0 spiro atoms. The summed E-state index contributed by atoms with van der Waals surface area (Å²) in [7, 11) is 0. The molecule has 1 aromatic heterocycles. The third-order valence-corrected chi connectivity index (χ3v) is 5.81. The second-order valence-corrected chi connectivity index (χ2v) is 8.28. The summed E-state index contributed by atoms with van der Waals surface area (Å²) in [6, 6.07) is 14.8. The Kier molecular flexibility index (Phi) is 6.09. The molecular weight excluding hydrogens is 439 g/mol. The minimum Gasteiger partial charge on any atom is -0.351 e. The largest absolute Gasteiger partial charge is 0.351 e. The monoisotopic (exact) mass is 458 g/mol. The third-order valence-electron chi connectivity index (χ3n) is 4.98. The van der Waals surface area contributed by atoms with Crippen LogP contribution in [0.5, 0.6) is 0 Å². The summed E-state index contributed by atoms with van der Waals surface area (Å²) in [5.74, 6) is 0.945. The Morgan fingerprint density at radius 3 is 2.60 bits per heavy atom. The zero-order valence-corrected chi connectivity index (χ0v) is 18.9. The van der Waals surface area contributed by atoms with E-state index < -0.39 is 0 Å². The lowest BCUT2D eigenvalue weighted by Crippen LogP contribution is -2.46. The van der Waals surface area contributed by atoms with E-state index in [-0.39, 0.29) is 6.04 Å². The first-order valence-electron chi connectivity index (χ1n) is 9.62. The number of nitrogens with zero attached hydrogens (tertiary/aromatic N) is 3. The van der Waals surface area contributed by atoms with E-state index in [9.17, 15) is 0 Å². The van der Waals surface area contributed by atoms with Crippen molar-refractivity contribution in [2.24, 2.45) is 0 Å². The van der Waals surface area contributed by atoms with Crippen molar-refractivity contribution in [2.75, 3.05) is 6.54 Å². The molecule has 0 amide bonds. The number of hydrogen-bond donors (Lipinski definition) is 1. The van der Waals surface area contributed by atoms with Crippen molar-refractivity contribution in [2.45, 2.75) is 26.3 Å². The van der Waals surface area contributed by atoms with E-state index in [0.717, 1.165) is 35.4 Å². The Morgan fingerprint density at radius 1 is 1.13 bits per heavy atom. The van der Waals surface area contributed by atoms with Crippen molar-refractivity contribution < 1.29 is 4.52 Å². The molecule has 30 heavy (non-hydrogen) atoms. The van der Waals surface area contributed by atoms with E-state index in [2.05, 4.69) is 27.3 Å². The molecular formula is C22H20Cl2N4OS. The van der Waals surface area contributed by atoms with Crippen LogP contribution >= 0.6 is 35.4 Å². The number of hydrogen-bond acceptors (Lipinski definition) is 4. The Labute approximate surface area is 190 Å². The molecule has 5 nitrogen and oxygen atoms in total. The van der Waals surface area contributed by atoms with Gasteiger partial charge in [0, 0.05) is 27.9 Å². The number of nitrogens with one attached hydrogen (secondary N) is 1. The zero-order valence-electron chi connectivity index (χ0n) is 16.5. The summed E-state index contributed by atoms with van der Waals surface area (Å²) in [5.41, 5.74) is 3.67. The number of benzene rings is 2. The summed E-state index contributed by atoms with van der Waals surface area (Å²) in [5, 5.41) is 9.59. The number of rotatable bonds is 5. The van der Waals surface area contributed by atoms with Gasteiger partial charge in [-0.2, -0.15) is 4.98 Å². The summed E-state index contributed by atoms with van der Waals surface area (Å²) >= 11 is 17.9. The predicted octanol–water partition coefficient (Wildman–Crippen LogP) is 6.12. The lowest BCUT2D eigenvalue weighted by atomic mass is 9.95. The number of halogens is 2. The molecule has 2 aromatic carbocycles. The van der Waals surface area contributed by atoms with Gasteiger partial charge in [0.2, 0.25) is 5.82 Å². The quantitative estimate of drug-likeness (QED) is 0.465. The maximum Gasteiger partial charge on any atom is 0.258 e. The Morgan fingerprint density at radius 2 is 1.90 bits per heavy atom. The molecule has 2 heterocycles. The molecule has 1 aliphatic rings. The van der Waals surface area contributed by atoms with Crippen molar-refractivity contribution in [3.63, 3.8) is 0 Å². The van der Waals surface area contributed by atoms with Crippen molar-refractivity contribution in [3.8, 4) is 11.4 Å². The first-order chi connectivity index (χ1) is 14.5. The molecule has 3 aromatic rings. The van der Waals surface area contributed by atoms with E-state index in [1.807, 2.05) is 43.3 Å². The Balaban J connectivity index is 1.81. The second kappa shape index (κ2) is 8.76. The van der Waals surface area contributed by atoms with Crippen LogP contribution in [0.1, 0.15) is 37.8 Å². The summed E-state index contributed by atoms with van der Waals surface area (Å²) in [4.78, 5) is 6.75. The van der Waals surface area contributed by atoms with Gasteiger partial charge in [0.1, 0.15) is 0 Å². The van der Waals surface area contributed by atoms with Gasteiger partial charge < -0.3 is 14.7 Å². The van der Waals surface area contributed by atoms with E-state index in [1.54, 1.807) is 12.1 Å². The van der Waals surface area contributed by atoms with Crippen LogP contribution in [0.25, 0.3) is 17.0 Å². The van der Waals surface area contributed by atoms with Crippen molar-refractivity contribution in [1.82, 2.24) is 20.4 Å². The predicted molar refractivity (Wildman–Crippen MR) is 124 cm³/mol. The molecule has 1 N–H and O–H groups in total. The number of thiocarbonyl (C=S) groups is 1. The Bertz CT molecular complexity index is 1110. The normalized spacial score (nSPS) is 16.7. The molecule has 154 valence electrons. The fourth-order valence-corrected chi connectivity index (χ4v) is 4.21. The minimum absolute atomic E-state index is 0.247. The standard InChI is InChI=1S/C22H20Cl2N4OS/c1-3-11-28-13(2)18(19(25-22(28)30)15-5-4-6-17(24)12-15)21-26-20(27-29-21)14-7-9-16(23)10-8-14/h4-10,12,19H,3,11H2,1-2H3,(H,25,30). The van der Waals surface area contributed by atoms with Gasteiger partial charge in [-0.25, -0.2) is 0 Å². The van der Waals surface area contributed by atoms with Crippen LogP contribution in [-0.2, 0) is 0 Å². The maximum absolute atomic E-state index is 6.26. The fraction of sp³-hybridized carbons (Fsp3) is 0.227. The number of aromatic nitrogens is 2. The van der Waals surface area contributed by atoms with Gasteiger partial charge in [-0.15, -0.1) is 0 Å². The highest BCUT2D eigenvalue weighted by Gasteiger charge is 2.33. The lowest BCUT2D eigenvalue weighted by Gasteiger charge is -2.37. The molecule has 1 unspecified atom stereocenters. The summed E-state index contributed by atoms with van der Waals surface area (Å²) in [6.45, 7) is 4.94. The molecule has 0 aliphatic carbocycles. The molecule has 0 fully saturated rings. The average molecular weight is 459 g/mol. The topological polar surface area (TPSA) is 54.2 Å². The minimum atomic E-state index is -0.247. The average Bonchev–Trinajstić information content (AvgIpc) is 3.21. The van der Waals surface area contributed by atoms with Crippen LogP contribution in [0.4, 0.5) is 0 Å². The molecule has 0 radical (unpaired) electrons. The molecule has 1 atom stereocenters.